The van der Waals surface area contributed by atoms with Gasteiger partial charge in [-0.1, -0.05) is 11.3 Å². The average Bonchev–Trinajstić information content (AvgIpc) is 2.99. The van der Waals surface area contributed by atoms with E-state index in [1.165, 1.54) is 11.3 Å². The van der Waals surface area contributed by atoms with Crippen molar-refractivity contribution in [2.45, 2.75) is 6.61 Å². The van der Waals surface area contributed by atoms with Crippen LogP contribution in [0.5, 0.6) is 23.0 Å². The van der Waals surface area contributed by atoms with Crippen molar-refractivity contribution < 1.29 is 18.9 Å². The van der Waals surface area contributed by atoms with Crippen LogP contribution in [0.2, 0.25) is 0 Å². The molecule has 0 unspecified atom stereocenters. The lowest BCUT2D eigenvalue weighted by Gasteiger charge is -2.14. The van der Waals surface area contributed by atoms with Gasteiger partial charge in [0.05, 0.1) is 21.3 Å². The van der Waals surface area contributed by atoms with Crippen LogP contribution < -0.4 is 24.3 Å². The van der Waals surface area contributed by atoms with Gasteiger partial charge in [0.25, 0.3) is 0 Å². The smallest absolute Gasteiger partial charge is 0.205 e. The molecule has 0 aliphatic carbocycles. The molecule has 21 heavy (non-hydrogen) atoms. The number of hydrogen-bond acceptors (Lipinski definition) is 8. The van der Waals surface area contributed by atoms with E-state index in [4.69, 9.17) is 18.9 Å². The second-order valence-corrected chi connectivity index (χ2v) is 4.96. The first-order valence-electron chi connectivity index (χ1n) is 6.14. The molecule has 1 aromatic heterocycles. The summed E-state index contributed by atoms with van der Waals surface area (Å²) in [6.07, 6.45) is 0. The first kappa shape index (κ1) is 15.2. The quantitative estimate of drug-likeness (QED) is 0.840. The molecule has 0 saturated carbocycles. The van der Waals surface area contributed by atoms with Crippen LogP contribution in [0.3, 0.4) is 0 Å². The van der Waals surface area contributed by atoms with Crippen molar-refractivity contribution >= 4 is 16.5 Å². The van der Waals surface area contributed by atoms with Crippen molar-refractivity contribution in [2.24, 2.45) is 0 Å². The summed E-state index contributed by atoms with van der Waals surface area (Å²) < 4.78 is 21.5. The van der Waals surface area contributed by atoms with Gasteiger partial charge < -0.3 is 24.3 Å². The minimum atomic E-state index is 0.317. The van der Waals surface area contributed by atoms with E-state index in [1.807, 2.05) is 0 Å². The largest absolute Gasteiger partial charge is 0.493 e. The minimum Gasteiger partial charge on any atom is -0.493 e. The molecular formula is C13H17N3O4S. The fraction of sp³-hybridized carbons (Fsp3) is 0.385. The maximum absolute atomic E-state index is 5.70. The van der Waals surface area contributed by atoms with Gasteiger partial charge in [0.15, 0.2) is 16.5 Å². The van der Waals surface area contributed by atoms with E-state index in [0.717, 1.165) is 10.1 Å². The molecule has 8 heteroatoms. The third-order valence-corrected chi connectivity index (χ3v) is 3.60. The predicted octanol–water partition coefficient (Wildman–Crippen LogP) is 2.18. The number of nitrogens with one attached hydrogen (secondary N) is 1. The van der Waals surface area contributed by atoms with Crippen molar-refractivity contribution in [1.29, 1.82) is 0 Å². The summed E-state index contributed by atoms with van der Waals surface area (Å²) >= 11 is 1.43. The Morgan fingerprint density at radius 3 is 2.19 bits per heavy atom. The van der Waals surface area contributed by atoms with E-state index in [-0.39, 0.29) is 0 Å². The molecular weight excluding hydrogens is 294 g/mol. The van der Waals surface area contributed by atoms with Crippen LogP contribution in [-0.2, 0) is 6.61 Å². The highest BCUT2D eigenvalue weighted by Crippen LogP contribution is 2.40. The van der Waals surface area contributed by atoms with Crippen LogP contribution in [0.1, 0.15) is 5.01 Å². The molecule has 114 valence electrons. The van der Waals surface area contributed by atoms with Crippen LogP contribution in [0, 0.1) is 0 Å². The van der Waals surface area contributed by atoms with E-state index in [0.29, 0.717) is 29.6 Å². The van der Waals surface area contributed by atoms with Crippen LogP contribution in [0.25, 0.3) is 0 Å². The van der Waals surface area contributed by atoms with Gasteiger partial charge in [0.1, 0.15) is 12.4 Å². The number of anilines is 1. The molecule has 2 rings (SSSR count). The zero-order valence-electron chi connectivity index (χ0n) is 12.3. The summed E-state index contributed by atoms with van der Waals surface area (Å²) in [5, 5.41) is 12.4. The molecule has 0 saturated heterocycles. The van der Waals surface area contributed by atoms with Crippen molar-refractivity contribution in [2.75, 3.05) is 33.7 Å². The number of rotatable bonds is 7. The Hall–Kier alpha value is -2.22. The molecule has 0 aliphatic heterocycles. The average molecular weight is 311 g/mol. The first-order chi connectivity index (χ1) is 10.2. The van der Waals surface area contributed by atoms with E-state index in [9.17, 15) is 0 Å². The highest BCUT2D eigenvalue weighted by molar-refractivity contribution is 7.15. The Bertz CT molecular complexity index is 578. The second-order valence-electron chi connectivity index (χ2n) is 3.90. The normalized spacial score (nSPS) is 10.1. The summed E-state index contributed by atoms with van der Waals surface area (Å²) in [7, 11) is 6.47. The topological polar surface area (TPSA) is 74.7 Å². The maximum atomic E-state index is 5.70. The Balaban J connectivity index is 2.15. The molecule has 0 atom stereocenters. The van der Waals surface area contributed by atoms with Gasteiger partial charge in [-0.3, -0.25) is 0 Å². The van der Waals surface area contributed by atoms with E-state index in [2.05, 4.69) is 15.5 Å². The summed E-state index contributed by atoms with van der Waals surface area (Å²) in [6.45, 7) is 0.317. The van der Waals surface area contributed by atoms with Crippen molar-refractivity contribution in [3.8, 4) is 23.0 Å². The Labute approximate surface area is 126 Å². The summed E-state index contributed by atoms with van der Waals surface area (Å²) in [5.74, 6) is 2.21. The van der Waals surface area contributed by atoms with Crippen LogP contribution in [0.4, 0.5) is 5.13 Å². The monoisotopic (exact) mass is 311 g/mol. The zero-order chi connectivity index (χ0) is 15.2. The number of aromatic nitrogens is 2. The van der Waals surface area contributed by atoms with Crippen molar-refractivity contribution in [1.82, 2.24) is 10.2 Å². The predicted molar refractivity (Wildman–Crippen MR) is 79.9 cm³/mol. The fourth-order valence-electron chi connectivity index (χ4n) is 1.70. The third kappa shape index (κ3) is 3.46. The summed E-state index contributed by atoms with van der Waals surface area (Å²) in [5.41, 5.74) is 0. The number of methoxy groups -OCH3 is 3. The van der Waals surface area contributed by atoms with Crippen molar-refractivity contribution in [3.05, 3.63) is 17.1 Å². The van der Waals surface area contributed by atoms with Crippen LogP contribution in [0.15, 0.2) is 12.1 Å². The molecule has 1 N–H and O–H groups in total. The molecule has 2 aromatic rings. The lowest BCUT2D eigenvalue weighted by atomic mass is 10.2. The van der Waals surface area contributed by atoms with Crippen molar-refractivity contribution in [3.63, 3.8) is 0 Å². The van der Waals surface area contributed by atoms with E-state index < -0.39 is 0 Å². The Morgan fingerprint density at radius 1 is 1.05 bits per heavy atom. The first-order valence-corrected chi connectivity index (χ1v) is 6.96. The number of ether oxygens (including phenoxy) is 4. The highest BCUT2D eigenvalue weighted by Gasteiger charge is 2.14. The van der Waals surface area contributed by atoms with Crippen LogP contribution >= 0.6 is 11.3 Å². The minimum absolute atomic E-state index is 0.317. The Kier molecular flexibility index (Phi) is 5.04. The number of hydrogen-bond donors (Lipinski definition) is 1. The molecule has 1 aromatic carbocycles. The molecule has 0 fully saturated rings. The Morgan fingerprint density at radius 2 is 1.71 bits per heavy atom. The SMILES string of the molecule is CNc1nnc(COc2cc(OC)c(OC)c(OC)c2)s1. The molecule has 7 nitrogen and oxygen atoms in total. The van der Waals surface area contributed by atoms with E-state index in [1.54, 1.807) is 40.5 Å². The molecule has 0 amide bonds. The summed E-state index contributed by atoms with van der Waals surface area (Å²) in [6, 6.07) is 3.47. The van der Waals surface area contributed by atoms with Gasteiger partial charge in [-0.15, -0.1) is 10.2 Å². The molecule has 0 aliphatic rings. The lowest BCUT2D eigenvalue weighted by Crippen LogP contribution is -1.99. The fourth-order valence-corrected chi connectivity index (χ4v) is 2.30. The van der Waals surface area contributed by atoms with Crippen LogP contribution in [-0.4, -0.2) is 38.6 Å². The summed E-state index contributed by atoms with van der Waals surface area (Å²) in [4.78, 5) is 0. The van der Waals surface area contributed by atoms with Gasteiger partial charge >= 0.3 is 0 Å². The standard InChI is InChI=1S/C13H17N3O4S/c1-14-13-16-15-11(21-13)7-20-8-5-9(17-2)12(19-4)10(6-8)18-3/h5-6H,7H2,1-4H3,(H,14,16). The van der Waals surface area contributed by atoms with E-state index >= 15 is 0 Å². The second kappa shape index (κ2) is 6.98. The van der Waals surface area contributed by atoms with Gasteiger partial charge in [-0.2, -0.15) is 0 Å². The zero-order valence-corrected chi connectivity index (χ0v) is 13.1. The lowest BCUT2D eigenvalue weighted by molar-refractivity contribution is 0.290. The number of benzene rings is 1. The van der Waals surface area contributed by atoms with Gasteiger partial charge in [-0.25, -0.2) is 0 Å². The highest BCUT2D eigenvalue weighted by atomic mass is 32.1. The third-order valence-electron chi connectivity index (χ3n) is 2.68. The molecule has 0 spiro atoms. The van der Waals surface area contributed by atoms with Gasteiger partial charge in [-0.05, 0) is 0 Å². The molecule has 1 heterocycles. The van der Waals surface area contributed by atoms with Gasteiger partial charge in [0, 0.05) is 19.2 Å². The molecule has 0 bridgehead atoms. The van der Waals surface area contributed by atoms with Gasteiger partial charge in [0.2, 0.25) is 10.9 Å². The maximum Gasteiger partial charge on any atom is 0.205 e. The molecule has 0 radical (unpaired) electrons. The number of nitrogens with zero attached hydrogens (tertiary/aromatic N) is 2.